The Kier molecular flexibility index (Phi) is 6.13. The van der Waals surface area contributed by atoms with Gasteiger partial charge in [-0.25, -0.2) is 4.79 Å². The van der Waals surface area contributed by atoms with Gasteiger partial charge in [-0.3, -0.25) is 9.88 Å². The maximum Gasteiger partial charge on any atom is 0.319 e. The molecule has 1 saturated heterocycles. The zero-order valence-electron chi connectivity index (χ0n) is 13.7. The van der Waals surface area contributed by atoms with Crippen molar-refractivity contribution in [2.24, 2.45) is 0 Å². The van der Waals surface area contributed by atoms with Crippen LogP contribution in [0.4, 0.5) is 10.5 Å². The number of piperidine rings is 1. The van der Waals surface area contributed by atoms with Crippen LogP contribution in [0, 0.1) is 0 Å². The van der Waals surface area contributed by atoms with E-state index in [0.29, 0.717) is 15.7 Å². The highest BCUT2D eigenvalue weighted by atomic mass is 35.5. The predicted molar refractivity (Wildman–Crippen MR) is 101 cm³/mol. The molecule has 1 aromatic heterocycles. The quantitative estimate of drug-likeness (QED) is 0.838. The first-order chi connectivity index (χ1) is 12.1. The summed E-state index contributed by atoms with van der Waals surface area (Å²) in [6.07, 6.45) is 3.65. The molecule has 0 aliphatic carbocycles. The van der Waals surface area contributed by atoms with Crippen molar-refractivity contribution in [1.82, 2.24) is 15.2 Å². The molecule has 0 saturated carbocycles. The molecule has 132 valence electrons. The molecule has 0 radical (unpaired) electrons. The minimum Gasteiger partial charge on any atom is -0.335 e. The van der Waals surface area contributed by atoms with Gasteiger partial charge in [0.1, 0.15) is 0 Å². The van der Waals surface area contributed by atoms with Crippen molar-refractivity contribution >= 4 is 34.9 Å². The summed E-state index contributed by atoms with van der Waals surface area (Å²) in [4.78, 5) is 18.8. The molecular weight excluding hydrogens is 359 g/mol. The summed E-state index contributed by atoms with van der Waals surface area (Å²) in [6, 6.07) is 10.9. The molecule has 1 fully saturated rings. The smallest absolute Gasteiger partial charge is 0.319 e. The molecular formula is C18H20Cl2N4O. The van der Waals surface area contributed by atoms with Gasteiger partial charge in [0.05, 0.1) is 15.7 Å². The first-order valence-corrected chi connectivity index (χ1v) is 9.00. The molecule has 2 amide bonds. The number of halogens is 2. The number of pyridine rings is 1. The monoisotopic (exact) mass is 378 g/mol. The van der Waals surface area contributed by atoms with E-state index in [0.717, 1.165) is 38.2 Å². The second-order valence-electron chi connectivity index (χ2n) is 6.10. The van der Waals surface area contributed by atoms with Crippen LogP contribution in [0.2, 0.25) is 10.0 Å². The van der Waals surface area contributed by atoms with Gasteiger partial charge in [0.15, 0.2) is 0 Å². The second kappa shape index (κ2) is 8.52. The summed E-state index contributed by atoms with van der Waals surface area (Å²) in [5, 5.41) is 6.69. The lowest BCUT2D eigenvalue weighted by Crippen LogP contribution is -2.45. The largest absolute Gasteiger partial charge is 0.335 e. The minimum atomic E-state index is -0.221. The molecule has 0 unspecified atom stereocenters. The zero-order valence-corrected chi connectivity index (χ0v) is 15.2. The lowest BCUT2D eigenvalue weighted by molar-refractivity contribution is 0.188. The number of carbonyl (C=O) groups excluding carboxylic acids is 1. The Labute approximate surface area is 157 Å². The average molecular weight is 379 g/mol. The summed E-state index contributed by atoms with van der Waals surface area (Å²) < 4.78 is 0. The van der Waals surface area contributed by atoms with Crippen LogP contribution < -0.4 is 10.6 Å². The number of carbonyl (C=O) groups is 1. The molecule has 0 atom stereocenters. The van der Waals surface area contributed by atoms with Crippen molar-refractivity contribution in [2.45, 2.75) is 25.4 Å². The maximum atomic E-state index is 12.1. The Hall–Kier alpha value is -1.82. The molecule has 0 bridgehead atoms. The standard InChI is InChI=1S/C18H20Cl2N4O/c19-16-5-4-14(11-17(16)20)23-18(25)22-13-6-9-24(10-7-13)12-15-3-1-2-8-21-15/h1-5,8,11,13H,6-7,9-10,12H2,(H2,22,23,25). The van der Waals surface area contributed by atoms with Crippen LogP contribution in [-0.4, -0.2) is 35.0 Å². The lowest BCUT2D eigenvalue weighted by Gasteiger charge is -2.32. The molecule has 7 heteroatoms. The van der Waals surface area contributed by atoms with Crippen molar-refractivity contribution in [3.63, 3.8) is 0 Å². The van der Waals surface area contributed by atoms with Crippen molar-refractivity contribution in [3.05, 3.63) is 58.3 Å². The number of rotatable bonds is 4. The Morgan fingerprint density at radius 1 is 1.16 bits per heavy atom. The van der Waals surface area contributed by atoms with Gasteiger partial charge < -0.3 is 10.6 Å². The number of anilines is 1. The van der Waals surface area contributed by atoms with Gasteiger partial charge in [-0.05, 0) is 43.2 Å². The lowest BCUT2D eigenvalue weighted by atomic mass is 10.1. The van der Waals surface area contributed by atoms with Gasteiger partial charge in [-0.2, -0.15) is 0 Å². The molecule has 3 rings (SSSR count). The van der Waals surface area contributed by atoms with E-state index in [-0.39, 0.29) is 12.1 Å². The molecule has 0 spiro atoms. The van der Waals surface area contributed by atoms with E-state index in [1.807, 2.05) is 24.4 Å². The van der Waals surface area contributed by atoms with Gasteiger partial charge in [0.2, 0.25) is 0 Å². The molecule has 1 aliphatic rings. The number of hydrogen-bond acceptors (Lipinski definition) is 3. The Bertz CT molecular complexity index is 718. The third-order valence-electron chi connectivity index (χ3n) is 4.21. The number of hydrogen-bond donors (Lipinski definition) is 2. The number of benzene rings is 1. The number of nitrogens with one attached hydrogen (secondary N) is 2. The highest BCUT2D eigenvalue weighted by Gasteiger charge is 2.21. The SMILES string of the molecule is O=C(Nc1ccc(Cl)c(Cl)c1)NC1CCN(Cc2ccccn2)CC1. The highest BCUT2D eigenvalue weighted by Crippen LogP contribution is 2.25. The van der Waals surface area contributed by atoms with Crippen molar-refractivity contribution in [1.29, 1.82) is 0 Å². The van der Waals surface area contributed by atoms with E-state index in [1.54, 1.807) is 18.2 Å². The fraction of sp³-hybridized carbons (Fsp3) is 0.333. The molecule has 2 N–H and O–H groups in total. The van der Waals surface area contributed by atoms with Gasteiger partial charge in [-0.15, -0.1) is 0 Å². The van der Waals surface area contributed by atoms with Crippen LogP contribution in [0.25, 0.3) is 0 Å². The molecule has 2 heterocycles. The van der Waals surface area contributed by atoms with Crippen molar-refractivity contribution in [3.8, 4) is 0 Å². The molecule has 25 heavy (non-hydrogen) atoms. The first kappa shape index (κ1) is 18.0. The van der Waals surface area contributed by atoms with Crippen LogP contribution >= 0.6 is 23.2 Å². The second-order valence-corrected chi connectivity index (χ2v) is 6.91. The van der Waals surface area contributed by atoms with Crippen LogP contribution in [0.15, 0.2) is 42.6 Å². The van der Waals surface area contributed by atoms with Crippen LogP contribution in [-0.2, 0) is 6.54 Å². The van der Waals surface area contributed by atoms with E-state index in [9.17, 15) is 4.79 Å². The summed E-state index contributed by atoms with van der Waals surface area (Å²) in [5.74, 6) is 0. The zero-order chi connectivity index (χ0) is 17.6. The number of likely N-dealkylation sites (tertiary alicyclic amines) is 1. The predicted octanol–water partition coefficient (Wildman–Crippen LogP) is 4.17. The third-order valence-corrected chi connectivity index (χ3v) is 4.95. The topological polar surface area (TPSA) is 57.3 Å². The van der Waals surface area contributed by atoms with Crippen molar-refractivity contribution in [2.75, 3.05) is 18.4 Å². The molecule has 2 aromatic rings. The van der Waals surface area contributed by atoms with Gasteiger partial charge in [0.25, 0.3) is 0 Å². The van der Waals surface area contributed by atoms with E-state index in [2.05, 4.69) is 20.5 Å². The normalized spacial score (nSPS) is 15.8. The van der Waals surface area contributed by atoms with Crippen LogP contribution in [0.5, 0.6) is 0 Å². The summed E-state index contributed by atoms with van der Waals surface area (Å²) in [7, 11) is 0. The molecule has 1 aliphatic heterocycles. The maximum absolute atomic E-state index is 12.1. The first-order valence-electron chi connectivity index (χ1n) is 8.25. The van der Waals surface area contributed by atoms with E-state index < -0.39 is 0 Å². The fourth-order valence-electron chi connectivity index (χ4n) is 2.88. The van der Waals surface area contributed by atoms with E-state index >= 15 is 0 Å². The van der Waals surface area contributed by atoms with E-state index in [1.165, 1.54) is 0 Å². The fourth-order valence-corrected chi connectivity index (χ4v) is 3.18. The van der Waals surface area contributed by atoms with Gasteiger partial charge >= 0.3 is 6.03 Å². The Morgan fingerprint density at radius 2 is 1.96 bits per heavy atom. The average Bonchev–Trinajstić information content (AvgIpc) is 2.61. The van der Waals surface area contributed by atoms with Gasteiger partial charge in [0, 0.05) is 37.6 Å². The minimum absolute atomic E-state index is 0.169. The molecule has 5 nitrogen and oxygen atoms in total. The summed E-state index contributed by atoms with van der Waals surface area (Å²) in [5.41, 5.74) is 1.70. The Balaban J connectivity index is 1.43. The third kappa shape index (κ3) is 5.33. The van der Waals surface area contributed by atoms with Crippen LogP contribution in [0.3, 0.4) is 0 Å². The number of nitrogens with zero attached hydrogens (tertiary/aromatic N) is 2. The number of amides is 2. The highest BCUT2D eigenvalue weighted by molar-refractivity contribution is 6.42. The van der Waals surface area contributed by atoms with E-state index in [4.69, 9.17) is 23.2 Å². The molecule has 1 aromatic carbocycles. The summed E-state index contributed by atoms with van der Waals surface area (Å²) in [6.45, 7) is 2.73. The van der Waals surface area contributed by atoms with Gasteiger partial charge in [-0.1, -0.05) is 29.3 Å². The van der Waals surface area contributed by atoms with Crippen molar-refractivity contribution < 1.29 is 4.79 Å². The number of urea groups is 1. The number of aromatic nitrogens is 1. The Morgan fingerprint density at radius 3 is 2.64 bits per heavy atom. The van der Waals surface area contributed by atoms with Crippen LogP contribution in [0.1, 0.15) is 18.5 Å². The summed E-state index contributed by atoms with van der Waals surface area (Å²) >= 11 is 11.8.